The molecular weight excluding hydrogens is 152 g/mol. The minimum atomic E-state index is 0.247. The Hall–Kier alpha value is -0.280. The summed E-state index contributed by atoms with van der Waals surface area (Å²) in [5.41, 5.74) is 0. The molecule has 0 aromatic carbocycles. The first kappa shape index (κ1) is 7.82. The molecule has 1 radical (unpaired) electrons. The number of amides is 1. The van der Waals surface area contributed by atoms with E-state index in [0.717, 1.165) is 13.1 Å². The Balaban J connectivity index is 2.31. The van der Waals surface area contributed by atoms with Crippen molar-refractivity contribution >= 4 is 18.0 Å². The second-order valence-corrected chi connectivity index (χ2v) is 2.65. The standard InChI is InChI=1S/C6H10ClN2O/c7-3-6-4-9(5-10)2-1-8-6/h6,8H,1-4H2. The Kier molecular flexibility index (Phi) is 2.96. The maximum Gasteiger partial charge on any atom is 0.312 e. The highest BCUT2D eigenvalue weighted by molar-refractivity contribution is 6.18. The van der Waals surface area contributed by atoms with Crippen LogP contribution >= 0.6 is 11.6 Å². The summed E-state index contributed by atoms with van der Waals surface area (Å²) < 4.78 is 0. The van der Waals surface area contributed by atoms with Crippen LogP contribution in [-0.4, -0.2) is 42.9 Å². The minimum Gasteiger partial charge on any atom is -0.332 e. The topological polar surface area (TPSA) is 32.3 Å². The van der Waals surface area contributed by atoms with Gasteiger partial charge in [0.25, 0.3) is 0 Å². The van der Waals surface area contributed by atoms with Gasteiger partial charge in [-0.1, -0.05) is 0 Å². The van der Waals surface area contributed by atoms with Gasteiger partial charge in [-0.15, -0.1) is 11.6 Å². The number of alkyl halides is 1. The van der Waals surface area contributed by atoms with E-state index in [4.69, 9.17) is 11.6 Å². The summed E-state index contributed by atoms with van der Waals surface area (Å²) in [6.07, 6.45) is 1.85. The third-order valence-electron chi connectivity index (χ3n) is 1.57. The average molecular weight is 162 g/mol. The van der Waals surface area contributed by atoms with Crippen molar-refractivity contribution in [1.29, 1.82) is 0 Å². The fourth-order valence-corrected chi connectivity index (χ4v) is 1.22. The molecule has 1 unspecified atom stereocenters. The third-order valence-corrected chi connectivity index (χ3v) is 1.94. The molecule has 10 heavy (non-hydrogen) atoms. The van der Waals surface area contributed by atoms with E-state index in [9.17, 15) is 4.79 Å². The Morgan fingerprint density at radius 3 is 3.20 bits per heavy atom. The maximum atomic E-state index is 10.2. The van der Waals surface area contributed by atoms with Crippen molar-refractivity contribution in [2.75, 3.05) is 25.5 Å². The molecule has 0 aromatic rings. The van der Waals surface area contributed by atoms with Crippen LogP contribution in [0.25, 0.3) is 0 Å². The van der Waals surface area contributed by atoms with Crippen LogP contribution in [0.1, 0.15) is 0 Å². The van der Waals surface area contributed by atoms with Crippen LogP contribution in [-0.2, 0) is 4.79 Å². The van der Waals surface area contributed by atoms with Gasteiger partial charge in [-0.05, 0) is 0 Å². The highest BCUT2D eigenvalue weighted by atomic mass is 35.5. The van der Waals surface area contributed by atoms with Crippen LogP contribution < -0.4 is 5.32 Å². The molecule has 0 saturated carbocycles. The van der Waals surface area contributed by atoms with Gasteiger partial charge in [0, 0.05) is 31.6 Å². The van der Waals surface area contributed by atoms with Crippen LogP contribution in [0.3, 0.4) is 0 Å². The molecule has 1 heterocycles. The van der Waals surface area contributed by atoms with E-state index in [-0.39, 0.29) is 6.04 Å². The maximum absolute atomic E-state index is 10.2. The molecular formula is C6H10ClN2O. The molecule has 1 N–H and O–H groups in total. The first-order chi connectivity index (χ1) is 4.86. The Morgan fingerprint density at radius 1 is 1.80 bits per heavy atom. The van der Waals surface area contributed by atoms with E-state index < -0.39 is 0 Å². The van der Waals surface area contributed by atoms with Gasteiger partial charge < -0.3 is 10.2 Å². The number of hydrogen-bond donors (Lipinski definition) is 1. The summed E-state index contributed by atoms with van der Waals surface area (Å²) in [7, 11) is 0. The Morgan fingerprint density at radius 2 is 2.60 bits per heavy atom. The molecule has 1 saturated heterocycles. The van der Waals surface area contributed by atoms with Crippen molar-refractivity contribution in [2.45, 2.75) is 6.04 Å². The molecule has 0 aliphatic carbocycles. The quantitative estimate of drug-likeness (QED) is 0.558. The second kappa shape index (κ2) is 3.78. The molecule has 1 aliphatic rings. The Bertz CT molecular complexity index is 120. The molecule has 0 spiro atoms. The van der Waals surface area contributed by atoms with Gasteiger partial charge in [-0.25, -0.2) is 0 Å². The van der Waals surface area contributed by atoms with Crippen molar-refractivity contribution < 1.29 is 4.79 Å². The number of nitrogens with zero attached hydrogens (tertiary/aromatic N) is 1. The molecule has 0 aromatic heterocycles. The molecule has 1 aliphatic heterocycles. The van der Waals surface area contributed by atoms with Crippen molar-refractivity contribution in [3.05, 3.63) is 0 Å². The van der Waals surface area contributed by atoms with Gasteiger partial charge in [-0.3, -0.25) is 4.79 Å². The molecule has 3 nitrogen and oxygen atoms in total. The smallest absolute Gasteiger partial charge is 0.312 e. The second-order valence-electron chi connectivity index (χ2n) is 2.34. The number of rotatable bonds is 2. The SMILES string of the molecule is O=[C]N1CCNC(CCl)C1. The van der Waals surface area contributed by atoms with Gasteiger partial charge in [0.15, 0.2) is 0 Å². The summed E-state index contributed by atoms with van der Waals surface area (Å²) >= 11 is 5.58. The zero-order chi connectivity index (χ0) is 7.40. The first-order valence-electron chi connectivity index (χ1n) is 3.29. The van der Waals surface area contributed by atoms with E-state index in [1.807, 2.05) is 6.41 Å². The van der Waals surface area contributed by atoms with Crippen LogP contribution in [0.15, 0.2) is 0 Å². The number of piperazine rings is 1. The van der Waals surface area contributed by atoms with Crippen molar-refractivity contribution in [2.24, 2.45) is 0 Å². The highest BCUT2D eigenvalue weighted by Gasteiger charge is 2.16. The normalized spacial score (nSPS) is 26.5. The van der Waals surface area contributed by atoms with Gasteiger partial charge in [0.05, 0.1) is 0 Å². The van der Waals surface area contributed by atoms with Gasteiger partial charge in [0.2, 0.25) is 0 Å². The molecule has 1 amide bonds. The fourth-order valence-electron chi connectivity index (χ4n) is 1.01. The van der Waals surface area contributed by atoms with E-state index in [1.54, 1.807) is 4.90 Å². The van der Waals surface area contributed by atoms with Crippen molar-refractivity contribution in [3.63, 3.8) is 0 Å². The molecule has 1 atom stereocenters. The van der Waals surface area contributed by atoms with Gasteiger partial charge >= 0.3 is 6.41 Å². The van der Waals surface area contributed by atoms with Crippen LogP contribution in [0.2, 0.25) is 0 Å². The van der Waals surface area contributed by atoms with Crippen LogP contribution in [0.5, 0.6) is 0 Å². The number of halogens is 1. The molecule has 4 heteroatoms. The third kappa shape index (κ3) is 1.85. The highest BCUT2D eigenvalue weighted by Crippen LogP contribution is 1.97. The molecule has 1 rings (SSSR count). The summed E-state index contributed by atoms with van der Waals surface area (Å²) in [6.45, 7) is 2.26. The lowest BCUT2D eigenvalue weighted by molar-refractivity contribution is 0.291. The fraction of sp³-hybridized carbons (Fsp3) is 0.833. The van der Waals surface area contributed by atoms with Gasteiger partial charge in [0.1, 0.15) is 0 Å². The van der Waals surface area contributed by atoms with Crippen LogP contribution in [0.4, 0.5) is 0 Å². The van der Waals surface area contributed by atoms with Crippen molar-refractivity contribution in [1.82, 2.24) is 10.2 Å². The minimum absolute atomic E-state index is 0.247. The van der Waals surface area contributed by atoms with Crippen LogP contribution in [0, 0.1) is 0 Å². The lowest BCUT2D eigenvalue weighted by Crippen LogP contribution is -2.50. The number of hydrogen-bond acceptors (Lipinski definition) is 2. The summed E-state index contributed by atoms with van der Waals surface area (Å²) in [4.78, 5) is 11.8. The zero-order valence-electron chi connectivity index (χ0n) is 5.64. The predicted molar refractivity (Wildman–Crippen MR) is 39.8 cm³/mol. The largest absolute Gasteiger partial charge is 0.332 e. The monoisotopic (exact) mass is 161 g/mol. The Labute approximate surface area is 65.3 Å². The number of nitrogens with one attached hydrogen (secondary N) is 1. The van der Waals surface area contributed by atoms with E-state index in [1.165, 1.54) is 0 Å². The van der Waals surface area contributed by atoms with E-state index in [0.29, 0.717) is 12.4 Å². The lowest BCUT2D eigenvalue weighted by atomic mass is 10.2. The predicted octanol–water partition coefficient (Wildman–Crippen LogP) is -0.434. The molecule has 1 fully saturated rings. The molecule has 0 bridgehead atoms. The number of carbonyl (C=O) groups excluding carboxylic acids is 1. The molecule has 57 valence electrons. The summed E-state index contributed by atoms with van der Waals surface area (Å²) in [5.74, 6) is 0.554. The first-order valence-corrected chi connectivity index (χ1v) is 3.82. The van der Waals surface area contributed by atoms with Gasteiger partial charge in [-0.2, -0.15) is 0 Å². The van der Waals surface area contributed by atoms with E-state index in [2.05, 4.69) is 5.32 Å². The van der Waals surface area contributed by atoms with E-state index >= 15 is 0 Å². The summed E-state index contributed by atoms with van der Waals surface area (Å²) in [5, 5.41) is 3.18. The summed E-state index contributed by atoms with van der Waals surface area (Å²) in [6, 6.07) is 0.247. The average Bonchev–Trinajstić information content (AvgIpc) is 2.05. The van der Waals surface area contributed by atoms with Crippen molar-refractivity contribution in [3.8, 4) is 0 Å². The lowest BCUT2D eigenvalue weighted by Gasteiger charge is -2.28. The zero-order valence-corrected chi connectivity index (χ0v) is 6.40.